The van der Waals surface area contributed by atoms with Crippen LogP contribution < -0.4 is 5.43 Å². The maximum atomic E-state index is 5.82. The third kappa shape index (κ3) is 4.91. The zero-order valence-electron chi connectivity index (χ0n) is 11.5. The van der Waals surface area contributed by atoms with Gasteiger partial charge in [-0.05, 0) is 42.0 Å². The van der Waals surface area contributed by atoms with Crippen molar-refractivity contribution < 1.29 is 0 Å². The lowest BCUT2D eigenvalue weighted by atomic mass is 10.2. The van der Waals surface area contributed by atoms with Gasteiger partial charge in [0.15, 0.2) is 0 Å². The first-order chi connectivity index (χ1) is 9.63. The highest BCUT2D eigenvalue weighted by atomic mass is 35.5. The molecule has 0 heterocycles. The lowest BCUT2D eigenvalue weighted by Gasteiger charge is -2.04. The molecule has 0 amide bonds. The summed E-state index contributed by atoms with van der Waals surface area (Å²) in [5, 5.41) is 5.53. The Morgan fingerprint density at radius 2 is 1.70 bits per heavy atom. The average Bonchev–Trinajstić information content (AvgIpc) is 2.42. The van der Waals surface area contributed by atoms with Crippen LogP contribution in [0.25, 0.3) is 0 Å². The number of rotatable bonds is 5. The van der Waals surface area contributed by atoms with Crippen LogP contribution in [0.4, 0.5) is 5.69 Å². The molecule has 0 saturated carbocycles. The lowest BCUT2D eigenvalue weighted by Crippen LogP contribution is -1.90. The third-order valence-electron chi connectivity index (χ3n) is 2.50. The molecule has 2 aromatic carbocycles. The van der Waals surface area contributed by atoms with Gasteiger partial charge in [-0.2, -0.15) is 5.10 Å². The molecule has 2 nitrogen and oxygen atoms in total. The van der Waals surface area contributed by atoms with Gasteiger partial charge in [0.25, 0.3) is 0 Å². The van der Waals surface area contributed by atoms with Gasteiger partial charge in [0.05, 0.1) is 11.9 Å². The number of nitrogens with zero attached hydrogens (tertiary/aromatic N) is 1. The largest absolute Gasteiger partial charge is 0.279 e. The molecule has 2 rings (SSSR count). The van der Waals surface area contributed by atoms with E-state index in [2.05, 4.69) is 48.6 Å². The Bertz CT molecular complexity index is 562. The van der Waals surface area contributed by atoms with Crippen LogP contribution >= 0.6 is 23.4 Å². The van der Waals surface area contributed by atoms with Crippen LogP contribution in [0.1, 0.15) is 19.4 Å². The molecule has 1 N–H and O–H groups in total. The van der Waals surface area contributed by atoms with Crippen LogP contribution in [0.15, 0.2) is 58.5 Å². The first-order valence-electron chi connectivity index (χ1n) is 6.45. The van der Waals surface area contributed by atoms with Crippen LogP contribution in [-0.4, -0.2) is 11.5 Å². The van der Waals surface area contributed by atoms with Crippen molar-refractivity contribution in [1.82, 2.24) is 0 Å². The summed E-state index contributed by atoms with van der Waals surface area (Å²) in [5.74, 6) is 0. The molecule has 20 heavy (non-hydrogen) atoms. The van der Waals surface area contributed by atoms with Crippen molar-refractivity contribution in [3.05, 3.63) is 59.1 Å². The van der Waals surface area contributed by atoms with Crippen LogP contribution in [-0.2, 0) is 0 Å². The van der Waals surface area contributed by atoms with Gasteiger partial charge in [-0.15, -0.1) is 11.8 Å². The fourth-order valence-corrected chi connectivity index (χ4v) is 2.57. The molecule has 0 aromatic heterocycles. The lowest BCUT2D eigenvalue weighted by molar-refractivity contribution is 1.11. The summed E-state index contributed by atoms with van der Waals surface area (Å²) in [6.07, 6.45) is 1.80. The summed E-state index contributed by atoms with van der Waals surface area (Å²) in [6.45, 7) is 4.38. The number of hydrogen-bond donors (Lipinski definition) is 1. The zero-order valence-corrected chi connectivity index (χ0v) is 13.1. The average molecular weight is 305 g/mol. The standard InChI is InChI=1S/C16H17ClN2S/c1-12(2)20-16-9-3-13(4-10-16)11-18-19-15-7-5-14(17)6-8-15/h3-12,19H,1-2H3. The Morgan fingerprint density at radius 1 is 1.05 bits per heavy atom. The van der Waals surface area contributed by atoms with Crippen molar-refractivity contribution >= 4 is 35.3 Å². The first kappa shape index (κ1) is 14.9. The molecule has 0 unspecified atom stereocenters. The van der Waals surface area contributed by atoms with E-state index in [0.717, 1.165) is 16.3 Å². The van der Waals surface area contributed by atoms with Crippen molar-refractivity contribution in [2.75, 3.05) is 5.43 Å². The molecule has 0 fully saturated rings. The van der Waals surface area contributed by atoms with Crippen LogP contribution in [0.3, 0.4) is 0 Å². The van der Waals surface area contributed by atoms with Gasteiger partial charge in [0, 0.05) is 15.2 Å². The minimum absolute atomic E-state index is 0.598. The van der Waals surface area contributed by atoms with Gasteiger partial charge < -0.3 is 0 Å². The van der Waals surface area contributed by atoms with E-state index >= 15 is 0 Å². The van der Waals surface area contributed by atoms with E-state index in [1.165, 1.54) is 4.90 Å². The minimum Gasteiger partial charge on any atom is -0.279 e. The Labute approximate surface area is 129 Å². The zero-order chi connectivity index (χ0) is 14.4. The SMILES string of the molecule is CC(C)Sc1ccc(C=NNc2ccc(Cl)cc2)cc1. The van der Waals surface area contributed by atoms with Gasteiger partial charge in [0.2, 0.25) is 0 Å². The molecule has 0 spiro atoms. The number of nitrogens with one attached hydrogen (secondary N) is 1. The molecule has 2 aromatic rings. The second-order valence-electron chi connectivity index (χ2n) is 4.61. The molecule has 0 atom stereocenters. The summed E-state index contributed by atoms with van der Waals surface area (Å²) in [4.78, 5) is 1.28. The molecular formula is C16H17ClN2S. The summed E-state index contributed by atoms with van der Waals surface area (Å²) in [6, 6.07) is 15.8. The quantitative estimate of drug-likeness (QED) is 0.461. The van der Waals surface area contributed by atoms with E-state index < -0.39 is 0 Å². The molecule has 0 aliphatic heterocycles. The molecule has 0 aliphatic rings. The Morgan fingerprint density at radius 3 is 2.30 bits per heavy atom. The molecule has 4 heteroatoms. The van der Waals surface area contributed by atoms with Crippen molar-refractivity contribution in [3.8, 4) is 0 Å². The predicted molar refractivity (Wildman–Crippen MR) is 90.1 cm³/mol. The summed E-state index contributed by atoms with van der Waals surface area (Å²) < 4.78 is 0. The van der Waals surface area contributed by atoms with E-state index in [1.54, 1.807) is 6.21 Å². The second kappa shape index (κ2) is 7.36. The summed E-state index contributed by atoms with van der Waals surface area (Å²) in [5.41, 5.74) is 4.96. The highest BCUT2D eigenvalue weighted by molar-refractivity contribution is 7.99. The van der Waals surface area contributed by atoms with Gasteiger partial charge in [-0.3, -0.25) is 5.43 Å². The van der Waals surface area contributed by atoms with Crippen LogP contribution in [0, 0.1) is 0 Å². The van der Waals surface area contributed by atoms with Crippen molar-refractivity contribution in [2.45, 2.75) is 24.0 Å². The minimum atomic E-state index is 0.598. The fraction of sp³-hybridized carbons (Fsp3) is 0.188. The number of hydrazone groups is 1. The van der Waals surface area contributed by atoms with Crippen molar-refractivity contribution in [1.29, 1.82) is 0 Å². The third-order valence-corrected chi connectivity index (χ3v) is 3.77. The highest BCUT2D eigenvalue weighted by Crippen LogP contribution is 2.22. The number of halogens is 1. The second-order valence-corrected chi connectivity index (χ2v) is 6.70. The molecular weight excluding hydrogens is 288 g/mol. The van der Waals surface area contributed by atoms with Crippen LogP contribution in [0.5, 0.6) is 0 Å². The molecule has 0 radical (unpaired) electrons. The first-order valence-corrected chi connectivity index (χ1v) is 7.70. The highest BCUT2D eigenvalue weighted by Gasteiger charge is 1.97. The maximum Gasteiger partial charge on any atom is 0.0562 e. The number of hydrogen-bond acceptors (Lipinski definition) is 3. The van der Waals surface area contributed by atoms with Gasteiger partial charge in [-0.1, -0.05) is 37.6 Å². The fourth-order valence-electron chi connectivity index (χ4n) is 1.61. The van der Waals surface area contributed by atoms with E-state index in [0.29, 0.717) is 5.25 Å². The van der Waals surface area contributed by atoms with Gasteiger partial charge in [-0.25, -0.2) is 0 Å². The number of anilines is 1. The van der Waals surface area contributed by atoms with Gasteiger partial charge >= 0.3 is 0 Å². The topological polar surface area (TPSA) is 24.4 Å². The molecule has 104 valence electrons. The summed E-state index contributed by atoms with van der Waals surface area (Å²) >= 11 is 7.68. The van der Waals surface area contributed by atoms with Crippen molar-refractivity contribution in [3.63, 3.8) is 0 Å². The van der Waals surface area contributed by atoms with Gasteiger partial charge in [0.1, 0.15) is 0 Å². The maximum absolute atomic E-state index is 5.82. The Balaban J connectivity index is 1.92. The summed E-state index contributed by atoms with van der Waals surface area (Å²) in [7, 11) is 0. The number of benzene rings is 2. The Hall–Kier alpha value is -1.45. The van der Waals surface area contributed by atoms with Crippen molar-refractivity contribution in [2.24, 2.45) is 5.10 Å². The van der Waals surface area contributed by atoms with Crippen LogP contribution in [0.2, 0.25) is 5.02 Å². The molecule has 0 bridgehead atoms. The smallest absolute Gasteiger partial charge is 0.0562 e. The van der Waals surface area contributed by atoms with E-state index in [9.17, 15) is 0 Å². The monoisotopic (exact) mass is 304 g/mol. The normalized spacial score (nSPS) is 11.2. The molecule has 0 saturated heterocycles. The van der Waals surface area contributed by atoms with E-state index in [1.807, 2.05) is 36.0 Å². The number of thioether (sulfide) groups is 1. The Kier molecular flexibility index (Phi) is 5.50. The molecule has 0 aliphatic carbocycles. The predicted octanol–water partition coefficient (Wildman–Crippen LogP) is 5.29. The van der Waals surface area contributed by atoms with E-state index in [-0.39, 0.29) is 0 Å². The van der Waals surface area contributed by atoms with E-state index in [4.69, 9.17) is 11.6 Å².